The quantitative estimate of drug-likeness (QED) is 0.270. The molecule has 0 amide bonds. The topological polar surface area (TPSA) is 78.7 Å². The number of hydrogen-bond donors (Lipinski definition) is 0. The monoisotopic (exact) mass is 401 g/mol. The summed E-state index contributed by atoms with van der Waals surface area (Å²) in [4.78, 5) is 21.6. The number of nitro benzene ring substituents is 1. The van der Waals surface area contributed by atoms with Gasteiger partial charge in [0.2, 0.25) is 5.75 Å². The molecule has 0 N–H and O–H groups in total. The predicted octanol–water partition coefficient (Wildman–Crippen LogP) is 5.35. The van der Waals surface area contributed by atoms with Crippen LogP contribution in [0, 0.1) is 10.1 Å². The zero-order valence-corrected chi connectivity index (χ0v) is 14.2. The summed E-state index contributed by atoms with van der Waals surface area (Å²) in [6, 6.07) is 6.47. The lowest BCUT2D eigenvalue weighted by Gasteiger charge is -2.11. The summed E-state index contributed by atoms with van der Waals surface area (Å²) in [5, 5.41) is 10.8. The number of nitrogens with zero attached hydrogens (tertiary/aromatic N) is 1. The van der Waals surface area contributed by atoms with E-state index in [1.165, 1.54) is 18.2 Å². The fraction of sp³-hybridized carbons (Fsp3) is 0.118. The minimum absolute atomic E-state index is 0.0132. The van der Waals surface area contributed by atoms with E-state index in [0.29, 0.717) is 0 Å². The van der Waals surface area contributed by atoms with Crippen LogP contribution in [-0.4, -0.2) is 23.5 Å². The first-order valence-corrected chi connectivity index (χ1v) is 7.62. The Morgan fingerprint density at radius 3 is 2.48 bits per heavy atom. The maximum atomic E-state index is 12.5. The molecule has 6 nitrogen and oxygen atoms in total. The van der Waals surface area contributed by atoms with Crippen LogP contribution in [0.2, 0.25) is 5.02 Å². The lowest BCUT2D eigenvalue weighted by molar-refractivity contribution is -0.385. The molecule has 0 saturated heterocycles. The van der Waals surface area contributed by atoms with Gasteiger partial charge in [-0.05, 0) is 24.3 Å². The summed E-state index contributed by atoms with van der Waals surface area (Å²) in [5.41, 5.74) is -0.944. The number of benzene rings is 2. The molecule has 0 aliphatic heterocycles. The van der Waals surface area contributed by atoms with Gasteiger partial charge < -0.3 is 9.47 Å². The molecular formula is C17H11ClF3NO5. The fourth-order valence-electron chi connectivity index (χ4n) is 1.99. The van der Waals surface area contributed by atoms with E-state index in [0.717, 1.165) is 24.3 Å². The number of halogens is 4. The van der Waals surface area contributed by atoms with E-state index in [9.17, 15) is 28.1 Å². The number of carbonyl (C=O) groups is 1. The first kappa shape index (κ1) is 20.2. The Hall–Kier alpha value is -3.07. The van der Waals surface area contributed by atoms with Gasteiger partial charge >= 0.3 is 11.9 Å². The van der Waals surface area contributed by atoms with Crippen molar-refractivity contribution >= 4 is 23.1 Å². The average molecular weight is 402 g/mol. The van der Waals surface area contributed by atoms with E-state index < -0.39 is 22.4 Å². The largest absolute Gasteiger partial charge is 0.483 e. The van der Waals surface area contributed by atoms with E-state index >= 15 is 0 Å². The second-order valence-electron chi connectivity index (χ2n) is 5.06. The third kappa shape index (κ3) is 4.98. The lowest BCUT2D eigenvalue weighted by Crippen LogP contribution is -2.22. The summed E-state index contributed by atoms with van der Waals surface area (Å²) in [7, 11) is 0. The molecule has 0 aromatic heterocycles. The molecule has 0 aliphatic carbocycles. The molecule has 0 saturated carbocycles. The molecule has 2 rings (SSSR count). The van der Waals surface area contributed by atoms with Gasteiger partial charge in [-0.3, -0.25) is 14.9 Å². The summed E-state index contributed by atoms with van der Waals surface area (Å²) < 4.78 is 48.0. The van der Waals surface area contributed by atoms with E-state index in [-0.39, 0.29) is 34.6 Å². The molecule has 0 atom stereocenters. The van der Waals surface area contributed by atoms with Gasteiger partial charge in [-0.2, -0.15) is 13.2 Å². The fourth-order valence-corrected chi connectivity index (χ4v) is 2.21. The summed E-state index contributed by atoms with van der Waals surface area (Å²) >= 11 is 5.88. The molecule has 2 aromatic carbocycles. The van der Waals surface area contributed by atoms with Crippen LogP contribution in [0.15, 0.2) is 49.1 Å². The van der Waals surface area contributed by atoms with Gasteiger partial charge in [0.15, 0.2) is 0 Å². The third-order valence-corrected chi connectivity index (χ3v) is 3.46. The zero-order chi connectivity index (χ0) is 20.2. The minimum atomic E-state index is -5.03. The third-order valence-electron chi connectivity index (χ3n) is 3.16. The van der Waals surface area contributed by atoms with Crippen molar-refractivity contribution < 1.29 is 32.4 Å². The molecule has 0 aliphatic rings. The SMILES string of the molecule is C=CCOc1cc(Oc2ccc(C(=O)C(F)(F)F)cc2Cl)ccc1[N+](=O)[O-]. The van der Waals surface area contributed by atoms with Crippen molar-refractivity contribution in [2.45, 2.75) is 6.18 Å². The molecule has 0 unspecified atom stereocenters. The highest BCUT2D eigenvalue weighted by Crippen LogP contribution is 2.36. The van der Waals surface area contributed by atoms with Crippen LogP contribution >= 0.6 is 11.6 Å². The highest BCUT2D eigenvalue weighted by molar-refractivity contribution is 6.32. The zero-order valence-electron chi connectivity index (χ0n) is 13.5. The Labute approximate surface area is 155 Å². The Bertz CT molecular complexity index is 899. The highest BCUT2D eigenvalue weighted by Gasteiger charge is 2.39. The second-order valence-corrected chi connectivity index (χ2v) is 5.47. The van der Waals surface area contributed by atoms with Crippen molar-refractivity contribution in [3.8, 4) is 17.2 Å². The Kier molecular flexibility index (Phi) is 6.06. The molecule has 0 radical (unpaired) electrons. The summed E-state index contributed by atoms with van der Waals surface area (Å²) in [6.45, 7) is 3.45. The van der Waals surface area contributed by atoms with Gasteiger partial charge in [0.1, 0.15) is 18.1 Å². The first-order valence-electron chi connectivity index (χ1n) is 7.24. The van der Waals surface area contributed by atoms with Crippen LogP contribution < -0.4 is 9.47 Å². The van der Waals surface area contributed by atoms with Gasteiger partial charge in [-0.1, -0.05) is 24.3 Å². The van der Waals surface area contributed by atoms with E-state index in [1.54, 1.807) is 0 Å². The van der Waals surface area contributed by atoms with Crippen LogP contribution in [-0.2, 0) is 0 Å². The van der Waals surface area contributed by atoms with Crippen molar-refractivity contribution in [3.63, 3.8) is 0 Å². The second kappa shape index (κ2) is 8.09. The van der Waals surface area contributed by atoms with Crippen LogP contribution in [0.5, 0.6) is 17.2 Å². The van der Waals surface area contributed by atoms with Gasteiger partial charge in [0.25, 0.3) is 5.78 Å². The predicted molar refractivity (Wildman–Crippen MR) is 90.7 cm³/mol. The van der Waals surface area contributed by atoms with Crippen molar-refractivity contribution in [3.05, 3.63) is 69.8 Å². The number of ketones is 1. The average Bonchev–Trinajstić information content (AvgIpc) is 2.60. The molecular weight excluding hydrogens is 391 g/mol. The maximum absolute atomic E-state index is 12.5. The number of ether oxygens (including phenoxy) is 2. The first-order chi connectivity index (χ1) is 12.6. The van der Waals surface area contributed by atoms with Crippen molar-refractivity contribution in [1.29, 1.82) is 0 Å². The van der Waals surface area contributed by atoms with Crippen molar-refractivity contribution in [2.75, 3.05) is 6.61 Å². The standard InChI is InChI=1S/C17H11ClF3NO5/c1-2-7-26-15-9-11(4-5-13(15)22(24)25)27-14-6-3-10(8-12(14)18)16(23)17(19,20)21/h2-6,8-9H,1,7H2. The minimum Gasteiger partial charge on any atom is -0.483 e. The van der Waals surface area contributed by atoms with Crippen molar-refractivity contribution in [1.82, 2.24) is 0 Å². The molecule has 10 heteroatoms. The molecule has 0 heterocycles. The van der Waals surface area contributed by atoms with Gasteiger partial charge in [-0.15, -0.1) is 0 Å². The van der Waals surface area contributed by atoms with Crippen LogP contribution in [0.1, 0.15) is 10.4 Å². The number of carbonyl (C=O) groups excluding carboxylic acids is 1. The van der Waals surface area contributed by atoms with Crippen molar-refractivity contribution in [2.24, 2.45) is 0 Å². The van der Waals surface area contributed by atoms with Gasteiger partial charge in [-0.25, -0.2) is 0 Å². The van der Waals surface area contributed by atoms with Crippen LogP contribution in [0.4, 0.5) is 18.9 Å². The number of hydrogen-bond acceptors (Lipinski definition) is 5. The molecule has 0 fully saturated rings. The van der Waals surface area contributed by atoms with Gasteiger partial charge in [0.05, 0.1) is 9.95 Å². The molecule has 142 valence electrons. The number of alkyl halides is 3. The summed E-state index contributed by atoms with van der Waals surface area (Å²) in [5.74, 6) is -2.07. The van der Waals surface area contributed by atoms with E-state index in [4.69, 9.17) is 21.1 Å². The number of Topliss-reactive ketones (excluding diaryl/α,β-unsaturated/α-hetero) is 1. The molecule has 27 heavy (non-hydrogen) atoms. The molecule has 2 aromatic rings. The highest BCUT2D eigenvalue weighted by atomic mass is 35.5. The molecule has 0 bridgehead atoms. The lowest BCUT2D eigenvalue weighted by atomic mass is 10.1. The Morgan fingerprint density at radius 2 is 1.93 bits per heavy atom. The number of nitro groups is 1. The van der Waals surface area contributed by atoms with E-state index in [2.05, 4.69) is 6.58 Å². The smallest absolute Gasteiger partial charge is 0.454 e. The number of rotatable bonds is 7. The van der Waals surface area contributed by atoms with Crippen LogP contribution in [0.3, 0.4) is 0 Å². The van der Waals surface area contributed by atoms with E-state index in [1.807, 2.05) is 0 Å². The normalized spacial score (nSPS) is 11.0. The summed E-state index contributed by atoms with van der Waals surface area (Å²) in [6.07, 6.45) is -3.63. The Balaban J connectivity index is 2.30. The van der Waals surface area contributed by atoms with Gasteiger partial charge in [0, 0.05) is 17.7 Å². The molecule has 0 spiro atoms. The van der Waals surface area contributed by atoms with Crippen LogP contribution in [0.25, 0.3) is 0 Å². The maximum Gasteiger partial charge on any atom is 0.454 e. The Morgan fingerprint density at radius 1 is 1.22 bits per heavy atom.